The zero-order valence-electron chi connectivity index (χ0n) is 17.5. The molecule has 1 aliphatic rings. The molecule has 1 aliphatic heterocycles. The number of amidine groups is 1. The standard InChI is InChI=1S/C23H27N7O/c1-25-22(20-14-26-29-21(20)24)30-12-6-8-17(15-30)16-7-5-11-19(13-16)28-23(31)27-18-9-3-2-4-10-18/h2-5,7,9-11,13-14,17H,6,8,12,15H2,1H3,(H3,24,26,29)(H2,27,28,31). The Labute approximate surface area is 181 Å². The van der Waals surface area contributed by atoms with Crippen LogP contribution in [0.1, 0.15) is 29.9 Å². The van der Waals surface area contributed by atoms with Gasteiger partial charge in [0, 0.05) is 37.4 Å². The predicted octanol–water partition coefficient (Wildman–Crippen LogP) is 3.89. The van der Waals surface area contributed by atoms with Crippen LogP contribution in [0, 0.1) is 0 Å². The van der Waals surface area contributed by atoms with Crippen molar-refractivity contribution in [2.75, 3.05) is 36.5 Å². The van der Waals surface area contributed by atoms with E-state index >= 15 is 0 Å². The molecule has 4 rings (SSSR count). The fourth-order valence-electron chi connectivity index (χ4n) is 4.03. The van der Waals surface area contributed by atoms with Crippen LogP contribution in [0.3, 0.4) is 0 Å². The van der Waals surface area contributed by atoms with E-state index < -0.39 is 0 Å². The van der Waals surface area contributed by atoms with E-state index in [1.165, 1.54) is 5.56 Å². The van der Waals surface area contributed by atoms with Crippen molar-refractivity contribution in [1.82, 2.24) is 15.1 Å². The number of aromatic amines is 1. The van der Waals surface area contributed by atoms with E-state index in [4.69, 9.17) is 5.73 Å². The highest BCUT2D eigenvalue weighted by Gasteiger charge is 2.25. The zero-order valence-corrected chi connectivity index (χ0v) is 17.5. The van der Waals surface area contributed by atoms with E-state index in [-0.39, 0.29) is 6.03 Å². The number of nitrogens with zero attached hydrogens (tertiary/aromatic N) is 3. The van der Waals surface area contributed by atoms with Crippen molar-refractivity contribution in [3.8, 4) is 0 Å². The van der Waals surface area contributed by atoms with Crippen LogP contribution in [-0.4, -0.2) is 47.1 Å². The number of para-hydroxylation sites is 1. The lowest BCUT2D eigenvalue weighted by Gasteiger charge is -2.35. The molecule has 1 saturated heterocycles. The number of nitrogen functional groups attached to an aromatic ring is 1. The summed E-state index contributed by atoms with van der Waals surface area (Å²) in [6, 6.07) is 17.2. The molecule has 8 nitrogen and oxygen atoms in total. The van der Waals surface area contributed by atoms with Crippen LogP contribution in [0.5, 0.6) is 0 Å². The summed E-state index contributed by atoms with van der Waals surface area (Å²) in [4.78, 5) is 19.1. The molecular formula is C23H27N7O. The Bertz CT molecular complexity index is 1060. The minimum Gasteiger partial charge on any atom is -0.383 e. The Morgan fingerprint density at radius 1 is 1.16 bits per heavy atom. The van der Waals surface area contributed by atoms with Crippen LogP contribution in [0.25, 0.3) is 0 Å². The van der Waals surface area contributed by atoms with Crippen molar-refractivity contribution in [3.63, 3.8) is 0 Å². The fraction of sp³-hybridized carbons (Fsp3) is 0.261. The molecule has 1 atom stereocenters. The van der Waals surface area contributed by atoms with Gasteiger partial charge in [0.25, 0.3) is 0 Å². The number of carbonyl (C=O) groups is 1. The Morgan fingerprint density at radius 2 is 1.94 bits per heavy atom. The number of aromatic nitrogens is 2. The minimum absolute atomic E-state index is 0.260. The van der Waals surface area contributed by atoms with Crippen LogP contribution >= 0.6 is 0 Å². The van der Waals surface area contributed by atoms with Crippen molar-refractivity contribution < 1.29 is 4.79 Å². The molecule has 0 aliphatic carbocycles. The first-order valence-electron chi connectivity index (χ1n) is 10.4. The second-order valence-electron chi connectivity index (χ2n) is 7.60. The average molecular weight is 418 g/mol. The summed E-state index contributed by atoms with van der Waals surface area (Å²) in [6.45, 7) is 1.75. The summed E-state index contributed by atoms with van der Waals surface area (Å²) in [7, 11) is 1.78. The highest BCUT2D eigenvalue weighted by Crippen LogP contribution is 2.30. The molecule has 3 aromatic rings. The van der Waals surface area contributed by atoms with Gasteiger partial charge in [-0.15, -0.1) is 0 Å². The second-order valence-corrected chi connectivity index (χ2v) is 7.60. The molecule has 31 heavy (non-hydrogen) atoms. The first-order chi connectivity index (χ1) is 15.1. The molecule has 1 aromatic heterocycles. The van der Waals surface area contributed by atoms with Gasteiger partial charge in [0.2, 0.25) is 0 Å². The maximum Gasteiger partial charge on any atom is 0.323 e. The summed E-state index contributed by atoms with van der Waals surface area (Å²) in [5, 5.41) is 12.6. The van der Waals surface area contributed by atoms with Gasteiger partial charge in [-0.05, 0) is 42.7 Å². The molecule has 0 bridgehead atoms. The summed E-state index contributed by atoms with van der Waals surface area (Å²) >= 11 is 0. The minimum atomic E-state index is -0.260. The maximum absolute atomic E-state index is 12.3. The Morgan fingerprint density at radius 3 is 2.68 bits per heavy atom. The number of aliphatic imine (C=N–C) groups is 1. The first kappa shape index (κ1) is 20.5. The summed E-state index contributed by atoms with van der Waals surface area (Å²) < 4.78 is 0. The quantitative estimate of drug-likeness (QED) is 0.381. The highest BCUT2D eigenvalue weighted by atomic mass is 16.2. The number of hydrogen-bond acceptors (Lipinski definition) is 4. The second kappa shape index (κ2) is 9.34. The van der Waals surface area contributed by atoms with Gasteiger partial charge in [-0.25, -0.2) is 4.79 Å². The van der Waals surface area contributed by atoms with Crippen molar-refractivity contribution in [3.05, 3.63) is 71.9 Å². The average Bonchev–Trinajstić information content (AvgIpc) is 3.21. The third-order valence-corrected chi connectivity index (χ3v) is 5.49. The Balaban J connectivity index is 1.44. The number of hydrogen-bond donors (Lipinski definition) is 4. The van der Waals surface area contributed by atoms with Gasteiger partial charge in [0.15, 0.2) is 0 Å². The number of H-pyrrole nitrogens is 1. The molecule has 2 heterocycles. The molecule has 2 aromatic carbocycles. The van der Waals surface area contributed by atoms with Crippen molar-refractivity contribution >= 4 is 29.1 Å². The summed E-state index contributed by atoms with van der Waals surface area (Å²) in [5.74, 6) is 1.71. The van der Waals surface area contributed by atoms with Gasteiger partial charge in [0.1, 0.15) is 11.7 Å². The van der Waals surface area contributed by atoms with Gasteiger partial charge >= 0.3 is 6.03 Å². The van der Waals surface area contributed by atoms with Crippen molar-refractivity contribution in [2.24, 2.45) is 4.99 Å². The summed E-state index contributed by atoms with van der Waals surface area (Å²) in [5.41, 5.74) is 9.57. The van der Waals surface area contributed by atoms with Crippen LogP contribution in [0.15, 0.2) is 65.8 Å². The largest absolute Gasteiger partial charge is 0.383 e. The molecule has 8 heteroatoms. The Kier molecular flexibility index (Phi) is 6.16. The number of anilines is 3. The molecule has 0 radical (unpaired) electrons. The predicted molar refractivity (Wildman–Crippen MR) is 125 cm³/mol. The lowest BCUT2D eigenvalue weighted by Crippen LogP contribution is -2.39. The van der Waals surface area contributed by atoms with E-state index in [1.807, 2.05) is 48.5 Å². The van der Waals surface area contributed by atoms with Gasteiger partial charge in [-0.2, -0.15) is 5.10 Å². The molecule has 1 unspecified atom stereocenters. The smallest absolute Gasteiger partial charge is 0.323 e. The number of amides is 2. The first-order valence-corrected chi connectivity index (χ1v) is 10.4. The van der Waals surface area contributed by atoms with Crippen LogP contribution in [0.2, 0.25) is 0 Å². The normalized spacial score (nSPS) is 16.7. The van der Waals surface area contributed by atoms with Gasteiger partial charge in [0.05, 0.1) is 11.8 Å². The molecule has 2 amide bonds. The fourth-order valence-corrected chi connectivity index (χ4v) is 4.03. The molecule has 0 saturated carbocycles. The van der Waals surface area contributed by atoms with E-state index in [2.05, 4.69) is 36.8 Å². The lowest BCUT2D eigenvalue weighted by molar-refractivity contribution is 0.262. The molecule has 5 N–H and O–H groups in total. The lowest BCUT2D eigenvalue weighted by atomic mass is 9.90. The van der Waals surface area contributed by atoms with E-state index in [1.54, 1.807) is 13.2 Å². The maximum atomic E-state index is 12.3. The van der Waals surface area contributed by atoms with Crippen LogP contribution in [0.4, 0.5) is 22.0 Å². The van der Waals surface area contributed by atoms with Crippen LogP contribution in [-0.2, 0) is 0 Å². The number of nitrogens with one attached hydrogen (secondary N) is 3. The number of likely N-dealkylation sites (tertiary alicyclic amines) is 1. The number of urea groups is 1. The van der Waals surface area contributed by atoms with Crippen LogP contribution < -0.4 is 16.4 Å². The third-order valence-electron chi connectivity index (χ3n) is 5.49. The van der Waals surface area contributed by atoms with Gasteiger partial charge in [-0.1, -0.05) is 30.3 Å². The monoisotopic (exact) mass is 417 g/mol. The molecule has 160 valence electrons. The SMILES string of the molecule is CN=C(c1cn[nH]c1N)N1CCCC(c2cccc(NC(=O)Nc3ccccc3)c2)C1. The number of nitrogens with two attached hydrogens (primary N) is 1. The molecule has 1 fully saturated rings. The van der Waals surface area contributed by atoms with Gasteiger partial charge < -0.3 is 21.3 Å². The number of rotatable bonds is 4. The third kappa shape index (κ3) is 4.85. The zero-order chi connectivity index (χ0) is 21.6. The molecular weight excluding hydrogens is 390 g/mol. The van der Waals surface area contributed by atoms with E-state index in [0.717, 1.165) is 48.7 Å². The number of piperidine rings is 1. The van der Waals surface area contributed by atoms with E-state index in [9.17, 15) is 4.79 Å². The Hall–Kier alpha value is -3.81. The highest BCUT2D eigenvalue weighted by molar-refractivity contribution is 6.02. The van der Waals surface area contributed by atoms with E-state index in [0.29, 0.717) is 11.7 Å². The number of benzene rings is 2. The van der Waals surface area contributed by atoms with Crippen molar-refractivity contribution in [1.29, 1.82) is 0 Å². The van der Waals surface area contributed by atoms with Gasteiger partial charge in [-0.3, -0.25) is 10.1 Å². The number of carbonyl (C=O) groups excluding carboxylic acids is 1. The molecule has 0 spiro atoms. The topological polar surface area (TPSA) is 111 Å². The summed E-state index contributed by atoms with van der Waals surface area (Å²) in [6.07, 6.45) is 3.85. The van der Waals surface area contributed by atoms with Crippen molar-refractivity contribution in [2.45, 2.75) is 18.8 Å².